The summed E-state index contributed by atoms with van der Waals surface area (Å²) in [6.07, 6.45) is 0. The van der Waals surface area contributed by atoms with Crippen LogP contribution in [0.25, 0.3) is 0 Å². The summed E-state index contributed by atoms with van der Waals surface area (Å²) in [5.74, 6) is 0. The summed E-state index contributed by atoms with van der Waals surface area (Å²) in [6, 6.07) is 0. The van der Waals surface area contributed by atoms with Crippen LogP contribution in [0.15, 0.2) is 0 Å². The molecule has 0 radical (unpaired) electrons. The molecule has 0 aromatic carbocycles. The van der Waals surface area contributed by atoms with Gasteiger partial charge in [0.25, 0.3) is 0 Å². The summed E-state index contributed by atoms with van der Waals surface area (Å²) >= 11 is 0. The molecule has 0 saturated heterocycles. The smallest absolute Gasteiger partial charge is 0.822 e. The summed E-state index contributed by atoms with van der Waals surface area (Å²) in [5, 5.41) is 0. The zero-order valence-corrected chi connectivity index (χ0v) is 16.8. The number of hydrogen-bond acceptors (Lipinski definition) is 8. The number of phosphoric acid groups is 2. The van der Waals surface area contributed by atoms with Gasteiger partial charge < -0.3 is 49.4 Å². The molecule has 0 amide bonds. The first kappa shape index (κ1) is 49.7. The first-order chi connectivity index (χ1) is 4.00. The average molecular weight is 386 g/mol. The van der Waals surface area contributed by atoms with E-state index in [1.165, 1.54) is 0 Å². The fourth-order valence-electron chi connectivity index (χ4n) is 0. The van der Waals surface area contributed by atoms with Crippen LogP contribution in [0.2, 0.25) is 0 Å². The van der Waals surface area contributed by atoms with Crippen molar-refractivity contribution in [3.63, 3.8) is 0 Å². The largest absolute Gasteiger partial charge is 2.00 e. The second-order valence-corrected chi connectivity index (χ2v) is 2.68. The van der Waals surface area contributed by atoms with Crippen molar-refractivity contribution in [1.82, 2.24) is 0 Å². The third-order valence-corrected chi connectivity index (χ3v) is 0. The van der Waals surface area contributed by atoms with Crippen LogP contribution in [0.4, 0.5) is 0 Å². The van der Waals surface area contributed by atoms with Crippen molar-refractivity contribution < 1.29 is 87.2 Å². The summed E-state index contributed by atoms with van der Waals surface area (Å²) in [6.45, 7) is 0. The van der Waals surface area contributed by atoms with Gasteiger partial charge in [0.05, 0.1) is 0 Å². The second kappa shape index (κ2) is 25.2. The van der Waals surface area contributed by atoms with E-state index >= 15 is 0 Å². The first-order valence-electron chi connectivity index (χ1n) is 1.46. The fraction of sp³-hybridized carbons (Fsp3) is 0. The first-order valence-corrected chi connectivity index (χ1v) is 4.38. The van der Waals surface area contributed by atoms with E-state index in [4.69, 9.17) is 38.5 Å². The van der Waals surface area contributed by atoms with Crippen molar-refractivity contribution in [2.24, 2.45) is 0 Å². The Kier molecular flexibility index (Phi) is 78.1. The Labute approximate surface area is 211 Å². The molecule has 0 bridgehead atoms. The van der Waals surface area contributed by atoms with Gasteiger partial charge in [0.2, 0.25) is 0 Å². The van der Waals surface area contributed by atoms with Crippen LogP contribution in [0.1, 0.15) is 0 Å². The van der Waals surface area contributed by atoms with E-state index in [9.17, 15) is 0 Å². The predicted molar refractivity (Wildman–Crippen MR) is 39.7 cm³/mol. The minimum atomic E-state index is -5.39. The van der Waals surface area contributed by atoms with E-state index in [0.29, 0.717) is 0 Å². The zero-order chi connectivity index (χ0) is 9.00. The third-order valence-electron chi connectivity index (χ3n) is 0. The third kappa shape index (κ3) is 236. The van der Waals surface area contributed by atoms with Gasteiger partial charge >= 0.3 is 113 Å². The minimum Gasteiger partial charge on any atom is -0.822 e. The topological polar surface area (TPSA) is 236 Å². The van der Waals surface area contributed by atoms with Crippen LogP contribution in [0.3, 0.4) is 0 Å². The van der Waals surface area contributed by atoms with Gasteiger partial charge in [-0.1, -0.05) is 0 Å². The molecule has 0 rings (SSSR count). The van der Waals surface area contributed by atoms with Gasteiger partial charge in [0.15, 0.2) is 0 Å². The van der Waals surface area contributed by atoms with Gasteiger partial charge in [-0.05, 0) is 0 Å². The summed E-state index contributed by atoms with van der Waals surface area (Å²) < 4.78 is 17.1. The van der Waals surface area contributed by atoms with E-state index in [2.05, 4.69) is 0 Å². The van der Waals surface area contributed by atoms with Crippen molar-refractivity contribution in [1.29, 1.82) is 0 Å². The molecule has 0 saturated carbocycles. The molecule has 0 fully saturated rings. The Morgan fingerprint density at radius 1 is 0.562 bits per heavy atom. The normalized spacial score (nSPS) is 7.38. The molecule has 88 valence electrons. The molecule has 0 unspecified atom stereocenters. The molecule has 0 aromatic rings. The molecule has 0 atom stereocenters. The van der Waals surface area contributed by atoms with Crippen LogP contribution in [-0.4, -0.2) is 124 Å². The summed E-state index contributed by atoms with van der Waals surface area (Å²) in [7, 11) is -10.8. The monoisotopic (exact) mass is 386 g/mol. The van der Waals surface area contributed by atoms with Crippen molar-refractivity contribution in [3.8, 4) is 0 Å². The number of hydrogen-bond donors (Lipinski definition) is 0. The van der Waals surface area contributed by atoms with Gasteiger partial charge in [-0.2, -0.15) is 15.6 Å². The van der Waals surface area contributed by atoms with E-state index in [0.717, 1.165) is 0 Å². The maximum Gasteiger partial charge on any atom is 2.00 e. The Balaban J connectivity index is -0.00000000970. The van der Waals surface area contributed by atoms with E-state index in [1.54, 1.807) is 0 Å². The van der Waals surface area contributed by atoms with Gasteiger partial charge in [-0.3, -0.25) is 0 Å². The minimum absolute atomic E-state index is 0. The van der Waals surface area contributed by atoms with Crippen LogP contribution in [0, 0.1) is 37.7 Å². The molecule has 0 aliphatic carbocycles. The molecule has 4 N–H and O–H groups in total. The maximum atomic E-state index is 8.55. The van der Waals surface area contributed by atoms with E-state index in [-0.39, 0.29) is 162 Å². The summed E-state index contributed by atoms with van der Waals surface area (Å²) in [5.41, 5.74) is 0. The molecular weight excluding hydrogens is 382 g/mol. The van der Waals surface area contributed by atoms with Gasteiger partial charge in [0.1, 0.15) is 0 Å². The molecule has 0 heterocycles. The standard InChI is InChI=1S/Ar.3Ca.2H3O4P.2H2O/c;;;;2*1-5(2,3)4;;/h;;;;2*(H3,1,2,3,4);2*1H2/q;3*+2;;;;/p-6. The second-order valence-electron chi connectivity index (χ2n) is 0.894. The van der Waals surface area contributed by atoms with Gasteiger partial charge in [-0.15, -0.1) is 0 Å². The number of rotatable bonds is 0. The van der Waals surface area contributed by atoms with E-state index in [1.807, 2.05) is 0 Å². The molecule has 0 spiro atoms. The molecule has 16 heavy (non-hydrogen) atoms. The van der Waals surface area contributed by atoms with Crippen molar-refractivity contribution in [3.05, 3.63) is 0 Å². The van der Waals surface area contributed by atoms with Gasteiger partial charge in [-0.25, -0.2) is 0 Å². The SMILES string of the molecule is O.O.O=P([O-])([O-])[O-].O=P([O-])([O-])[O-].[Ar].[Ca+2].[Ca+2].[Ca+2]. The molecule has 16 heteroatoms. The van der Waals surface area contributed by atoms with Crippen LogP contribution in [-0.2, 0) is 9.13 Å². The quantitative estimate of drug-likeness (QED) is 0.285. The Morgan fingerprint density at radius 3 is 0.562 bits per heavy atom. The van der Waals surface area contributed by atoms with Crippen molar-refractivity contribution in [2.45, 2.75) is 0 Å². The molecule has 10 nitrogen and oxygen atoms in total. The van der Waals surface area contributed by atoms with Crippen LogP contribution in [0.5, 0.6) is 0 Å². The molecular formula is H4ArCa3O10P2. The van der Waals surface area contributed by atoms with Crippen molar-refractivity contribution >= 4 is 129 Å². The van der Waals surface area contributed by atoms with Gasteiger partial charge in [0, 0.05) is 37.7 Å². The van der Waals surface area contributed by atoms with Crippen LogP contribution < -0.4 is 29.4 Å². The molecule has 0 aliphatic heterocycles. The Bertz CT molecular complexity index is 136. The molecule has 0 aromatic heterocycles. The average Bonchev–Trinajstić information content (AvgIpc) is 1.12. The Morgan fingerprint density at radius 2 is 0.562 bits per heavy atom. The summed E-state index contributed by atoms with van der Waals surface area (Å²) in [4.78, 5) is 51.3. The molecule has 0 aliphatic rings. The van der Waals surface area contributed by atoms with E-state index < -0.39 is 15.6 Å². The predicted octanol–water partition coefficient (Wildman–Crippen LogP) is -8.44. The van der Waals surface area contributed by atoms with Crippen molar-refractivity contribution in [2.75, 3.05) is 0 Å². The van der Waals surface area contributed by atoms with Crippen LogP contribution >= 0.6 is 15.6 Å². The maximum absolute atomic E-state index is 8.55. The zero-order valence-electron chi connectivity index (χ0n) is 7.64. The fourth-order valence-corrected chi connectivity index (χ4v) is 0. The Hall–Kier alpha value is 5.18.